The van der Waals surface area contributed by atoms with Crippen LogP contribution in [0.15, 0.2) is 33.9 Å². The van der Waals surface area contributed by atoms with Gasteiger partial charge in [0.2, 0.25) is 0 Å². The molecule has 0 saturated heterocycles. The Morgan fingerprint density at radius 2 is 2.25 bits per heavy atom. The number of carboxylic acids is 1. The van der Waals surface area contributed by atoms with Crippen LogP contribution in [0.2, 0.25) is 0 Å². The van der Waals surface area contributed by atoms with E-state index in [4.69, 9.17) is 5.11 Å². The molecule has 1 aliphatic carbocycles. The van der Waals surface area contributed by atoms with Gasteiger partial charge < -0.3 is 5.11 Å². The Kier molecular flexibility index (Phi) is 3.80. The molecule has 2 aromatic rings. The molecular formula is C13H12BrN3O2S. The van der Waals surface area contributed by atoms with E-state index < -0.39 is 5.97 Å². The van der Waals surface area contributed by atoms with Crippen molar-refractivity contribution in [2.24, 2.45) is 0 Å². The monoisotopic (exact) mass is 353 g/mol. The van der Waals surface area contributed by atoms with E-state index in [1.54, 1.807) is 0 Å². The molecule has 1 aromatic carbocycles. The summed E-state index contributed by atoms with van der Waals surface area (Å²) in [6.07, 6.45) is 2.24. The molecule has 1 N–H and O–H groups in total. The summed E-state index contributed by atoms with van der Waals surface area (Å²) in [6, 6.07) is 7.86. The van der Waals surface area contributed by atoms with Crippen LogP contribution in [0.4, 0.5) is 0 Å². The molecule has 0 spiro atoms. The van der Waals surface area contributed by atoms with E-state index in [1.807, 2.05) is 28.8 Å². The molecule has 1 aliphatic rings. The van der Waals surface area contributed by atoms with Crippen molar-refractivity contribution in [3.63, 3.8) is 0 Å². The zero-order chi connectivity index (χ0) is 14.1. The number of carbonyl (C=O) groups is 1. The number of aromatic nitrogens is 3. The zero-order valence-corrected chi connectivity index (χ0v) is 12.9. The van der Waals surface area contributed by atoms with Crippen LogP contribution in [0.5, 0.6) is 0 Å². The third kappa shape index (κ3) is 2.88. The Bertz CT molecular complexity index is 655. The Labute approximate surface area is 128 Å². The van der Waals surface area contributed by atoms with Crippen LogP contribution in [-0.4, -0.2) is 31.6 Å². The molecular weight excluding hydrogens is 342 g/mol. The van der Waals surface area contributed by atoms with Gasteiger partial charge in [0.05, 0.1) is 11.4 Å². The van der Waals surface area contributed by atoms with Gasteiger partial charge in [0.1, 0.15) is 5.82 Å². The maximum Gasteiger partial charge on any atom is 0.313 e. The van der Waals surface area contributed by atoms with Gasteiger partial charge in [-0.3, -0.25) is 9.36 Å². The standard InChI is InChI=1S/C13H12BrN3O2S/c14-9-2-1-3-10(6-9)17-12(8-4-5-8)15-16-13(17)20-7-11(18)19/h1-3,6,8H,4-5,7H2,(H,18,19). The number of nitrogens with zero attached hydrogens (tertiary/aromatic N) is 3. The average molecular weight is 354 g/mol. The molecule has 1 fully saturated rings. The minimum Gasteiger partial charge on any atom is -0.481 e. The molecule has 1 heterocycles. The van der Waals surface area contributed by atoms with E-state index in [-0.39, 0.29) is 5.75 Å². The molecule has 0 radical (unpaired) electrons. The van der Waals surface area contributed by atoms with Crippen LogP contribution in [0.25, 0.3) is 5.69 Å². The van der Waals surface area contributed by atoms with Gasteiger partial charge in [0, 0.05) is 10.4 Å². The highest BCUT2D eigenvalue weighted by Gasteiger charge is 2.31. The zero-order valence-electron chi connectivity index (χ0n) is 10.5. The minimum atomic E-state index is -0.855. The molecule has 5 nitrogen and oxygen atoms in total. The first kappa shape index (κ1) is 13.6. The number of halogens is 1. The van der Waals surface area contributed by atoms with Crippen molar-refractivity contribution in [2.45, 2.75) is 23.9 Å². The Hall–Kier alpha value is -1.34. The van der Waals surface area contributed by atoms with Gasteiger partial charge >= 0.3 is 5.97 Å². The van der Waals surface area contributed by atoms with E-state index in [0.717, 1.165) is 28.8 Å². The van der Waals surface area contributed by atoms with Crippen molar-refractivity contribution >= 4 is 33.7 Å². The van der Waals surface area contributed by atoms with Gasteiger partial charge in [0.15, 0.2) is 5.16 Å². The number of rotatable bonds is 5. The number of benzene rings is 1. The van der Waals surface area contributed by atoms with Gasteiger partial charge in [0.25, 0.3) is 0 Å². The molecule has 1 saturated carbocycles. The highest BCUT2D eigenvalue weighted by molar-refractivity contribution is 9.10. The largest absolute Gasteiger partial charge is 0.481 e. The van der Waals surface area contributed by atoms with Crippen LogP contribution in [0, 0.1) is 0 Å². The second kappa shape index (κ2) is 5.57. The van der Waals surface area contributed by atoms with Crippen molar-refractivity contribution in [2.75, 3.05) is 5.75 Å². The first-order chi connectivity index (χ1) is 9.65. The van der Waals surface area contributed by atoms with E-state index in [0.29, 0.717) is 11.1 Å². The number of thioether (sulfide) groups is 1. The predicted molar refractivity (Wildman–Crippen MR) is 79.4 cm³/mol. The van der Waals surface area contributed by atoms with Crippen molar-refractivity contribution in [1.82, 2.24) is 14.8 Å². The third-order valence-corrected chi connectivity index (χ3v) is 4.40. The fraction of sp³-hybridized carbons (Fsp3) is 0.308. The molecule has 0 atom stereocenters. The summed E-state index contributed by atoms with van der Waals surface area (Å²) in [4.78, 5) is 10.7. The second-order valence-electron chi connectivity index (χ2n) is 4.61. The molecule has 0 amide bonds. The molecule has 0 unspecified atom stereocenters. The van der Waals surface area contributed by atoms with E-state index in [1.165, 1.54) is 11.8 Å². The maximum atomic E-state index is 10.7. The lowest BCUT2D eigenvalue weighted by molar-refractivity contribution is -0.133. The summed E-state index contributed by atoms with van der Waals surface area (Å²) in [5.41, 5.74) is 0.958. The minimum absolute atomic E-state index is 0.0171. The summed E-state index contributed by atoms with van der Waals surface area (Å²) in [6.45, 7) is 0. The summed E-state index contributed by atoms with van der Waals surface area (Å²) >= 11 is 4.65. The van der Waals surface area contributed by atoms with Crippen molar-refractivity contribution in [3.05, 3.63) is 34.6 Å². The van der Waals surface area contributed by atoms with E-state index >= 15 is 0 Å². The number of aliphatic carboxylic acids is 1. The molecule has 7 heteroatoms. The topological polar surface area (TPSA) is 68.0 Å². The lowest BCUT2D eigenvalue weighted by Gasteiger charge is -2.09. The van der Waals surface area contributed by atoms with Crippen molar-refractivity contribution in [3.8, 4) is 5.69 Å². The highest BCUT2D eigenvalue weighted by atomic mass is 79.9. The quantitative estimate of drug-likeness (QED) is 0.836. The molecule has 1 aromatic heterocycles. The Balaban J connectivity index is 2.01. The lowest BCUT2D eigenvalue weighted by Crippen LogP contribution is -2.04. The van der Waals surface area contributed by atoms with Crippen LogP contribution in [-0.2, 0) is 4.79 Å². The third-order valence-electron chi connectivity index (χ3n) is 2.99. The average Bonchev–Trinajstić information content (AvgIpc) is 3.16. The predicted octanol–water partition coefficient (Wildman–Crippen LogP) is 3.08. The Morgan fingerprint density at radius 3 is 2.90 bits per heavy atom. The van der Waals surface area contributed by atoms with Gasteiger partial charge in [-0.2, -0.15) is 0 Å². The van der Waals surface area contributed by atoms with Crippen LogP contribution in [0.3, 0.4) is 0 Å². The SMILES string of the molecule is O=C(O)CSc1nnc(C2CC2)n1-c1cccc(Br)c1. The maximum absolute atomic E-state index is 10.7. The summed E-state index contributed by atoms with van der Waals surface area (Å²) in [5.74, 6) is 0.500. The van der Waals surface area contributed by atoms with Gasteiger partial charge in [-0.1, -0.05) is 33.8 Å². The van der Waals surface area contributed by atoms with Crippen molar-refractivity contribution in [1.29, 1.82) is 0 Å². The Morgan fingerprint density at radius 1 is 1.45 bits per heavy atom. The normalized spacial score (nSPS) is 14.4. The van der Waals surface area contributed by atoms with E-state index in [9.17, 15) is 4.79 Å². The lowest BCUT2D eigenvalue weighted by atomic mass is 10.3. The van der Waals surface area contributed by atoms with Crippen LogP contribution >= 0.6 is 27.7 Å². The second-order valence-corrected chi connectivity index (χ2v) is 6.47. The van der Waals surface area contributed by atoms with E-state index in [2.05, 4.69) is 26.1 Å². The first-order valence-corrected chi connectivity index (χ1v) is 7.99. The molecule has 20 heavy (non-hydrogen) atoms. The smallest absolute Gasteiger partial charge is 0.313 e. The van der Waals surface area contributed by atoms with Gasteiger partial charge in [-0.25, -0.2) is 0 Å². The highest BCUT2D eigenvalue weighted by Crippen LogP contribution is 2.41. The number of hydrogen-bond donors (Lipinski definition) is 1. The molecule has 0 bridgehead atoms. The fourth-order valence-electron chi connectivity index (χ4n) is 1.96. The van der Waals surface area contributed by atoms with Crippen LogP contribution in [0.1, 0.15) is 24.6 Å². The van der Waals surface area contributed by atoms with Crippen molar-refractivity contribution < 1.29 is 9.90 Å². The molecule has 0 aliphatic heterocycles. The summed E-state index contributed by atoms with van der Waals surface area (Å²) in [7, 11) is 0. The summed E-state index contributed by atoms with van der Waals surface area (Å²) in [5, 5.41) is 17.9. The molecule has 104 valence electrons. The van der Waals surface area contributed by atoms with Gasteiger partial charge in [-0.15, -0.1) is 10.2 Å². The van der Waals surface area contributed by atoms with Crippen LogP contribution < -0.4 is 0 Å². The summed E-state index contributed by atoms with van der Waals surface area (Å²) < 4.78 is 2.94. The van der Waals surface area contributed by atoms with Gasteiger partial charge in [-0.05, 0) is 31.0 Å². The fourth-order valence-corrected chi connectivity index (χ4v) is 3.03. The number of hydrogen-bond acceptors (Lipinski definition) is 4. The first-order valence-electron chi connectivity index (χ1n) is 6.21. The number of carboxylic acid groups (broad SMARTS) is 1. The molecule has 3 rings (SSSR count).